The number of benzene rings is 2. The van der Waals surface area contributed by atoms with Crippen LogP contribution in [0.4, 0.5) is 4.39 Å². The highest BCUT2D eigenvalue weighted by Crippen LogP contribution is 2.32. The van der Waals surface area contributed by atoms with Gasteiger partial charge < -0.3 is 10.5 Å². The van der Waals surface area contributed by atoms with Crippen molar-refractivity contribution in [1.82, 2.24) is 0 Å². The molecule has 0 bridgehead atoms. The molecule has 20 heavy (non-hydrogen) atoms. The average molecular weight is 359 g/mol. The Labute approximate surface area is 130 Å². The third-order valence-corrected chi connectivity index (χ3v) is 3.66. The molecule has 2 rings (SSSR count). The van der Waals surface area contributed by atoms with Gasteiger partial charge in [-0.15, -0.1) is 0 Å². The van der Waals surface area contributed by atoms with Crippen molar-refractivity contribution in [3.8, 4) is 5.75 Å². The lowest BCUT2D eigenvalue weighted by Gasteiger charge is -2.23. The van der Waals surface area contributed by atoms with Crippen LogP contribution >= 0.6 is 27.5 Å². The highest BCUT2D eigenvalue weighted by Gasteiger charge is 2.20. The molecule has 2 atom stereocenters. The van der Waals surface area contributed by atoms with E-state index in [1.165, 1.54) is 12.1 Å². The maximum atomic E-state index is 13.3. The van der Waals surface area contributed by atoms with E-state index in [1.54, 1.807) is 30.3 Å². The topological polar surface area (TPSA) is 35.2 Å². The van der Waals surface area contributed by atoms with Gasteiger partial charge in [0, 0.05) is 11.1 Å². The van der Waals surface area contributed by atoms with Crippen molar-refractivity contribution in [3.63, 3.8) is 0 Å². The quantitative estimate of drug-likeness (QED) is 0.859. The molecule has 0 heterocycles. The van der Waals surface area contributed by atoms with Gasteiger partial charge in [0.25, 0.3) is 0 Å². The lowest BCUT2D eigenvalue weighted by atomic mass is 10.0. The van der Waals surface area contributed by atoms with Gasteiger partial charge in [0.05, 0.1) is 4.47 Å². The lowest BCUT2D eigenvalue weighted by molar-refractivity contribution is 0.179. The number of halogens is 3. The fourth-order valence-electron chi connectivity index (χ4n) is 1.87. The van der Waals surface area contributed by atoms with Gasteiger partial charge in [-0.05, 0) is 58.7 Å². The minimum absolute atomic E-state index is 0.292. The zero-order valence-corrected chi connectivity index (χ0v) is 13.2. The highest BCUT2D eigenvalue weighted by molar-refractivity contribution is 9.10. The zero-order chi connectivity index (χ0) is 14.7. The summed E-state index contributed by atoms with van der Waals surface area (Å²) in [6.07, 6.45) is -0.442. The van der Waals surface area contributed by atoms with E-state index in [1.807, 2.05) is 6.92 Å². The number of hydrogen-bond acceptors (Lipinski definition) is 2. The number of ether oxygens (including phenoxy) is 1. The Bertz CT molecular complexity index is 606. The van der Waals surface area contributed by atoms with Gasteiger partial charge in [-0.2, -0.15) is 0 Å². The molecule has 0 saturated heterocycles. The lowest BCUT2D eigenvalue weighted by Crippen LogP contribution is -2.29. The number of hydrogen-bond donors (Lipinski definition) is 1. The van der Waals surface area contributed by atoms with Crippen LogP contribution in [0.25, 0.3) is 0 Å². The maximum Gasteiger partial charge on any atom is 0.139 e. The summed E-state index contributed by atoms with van der Waals surface area (Å²) < 4.78 is 20.0. The van der Waals surface area contributed by atoms with Crippen LogP contribution in [0.2, 0.25) is 5.02 Å². The van der Waals surface area contributed by atoms with E-state index >= 15 is 0 Å². The van der Waals surface area contributed by atoms with Crippen molar-refractivity contribution in [1.29, 1.82) is 0 Å². The minimum Gasteiger partial charge on any atom is -0.483 e. The molecule has 0 aromatic heterocycles. The van der Waals surface area contributed by atoms with E-state index in [0.29, 0.717) is 16.3 Å². The molecular weight excluding hydrogens is 345 g/mol. The fourth-order valence-corrected chi connectivity index (χ4v) is 2.65. The maximum absolute atomic E-state index is 13.3. The average Bonchev–Trinajstić information content (AvgIpc) is 2.37. The first kappa shape index (κ1) is 15.3. The molecule has 2 N–H and O–H groups in total. The molecule has 0 spiro atoms. The van der Waals surface area contributed by atoms with Crippen LogP contribution in [-0.4, -0.2) is 6.04 Å². The van der Waals surface area contributed by atoms with Crippen molar-refractivity contribution >= 4 is 27.5 Å². The van der Waals surface area contributed by atoms with E-state index in [9.17, 15) is 4.39 Å². The molecule has 0 aliphatic rings. The first-order chi connectivity index (χ1) is 9.47. The molecule has 0 saturated carbocycles. The largest absolute Gasteiger partial charge is 0.483 e. The molecule has 2 aromatic rings. The summed E-state index contributed by atoms with van der Waals surface area (Å²) >= 11 is 9.28. The van der Waals surface area contributed by atoms with Crippen molar-refractivity contribution in [2.75, 3.05) is 0 Å². The van der Waals surface area contributed by atoms with Crippen molar-refractivity contribution in [2.24, 2.45) is 5.73 Å². The van der Waals surface area contributed by atoms with Crippen LogP contribution in [-0.2, 0) is 0 Å². The van der Waals surface area contributed by atoms with Crippen molar-refractivity contribution < 1.29 is 9.13 Å². The standard InChI is InChI=1S/C15H14BrClFNO/c1-9(19)15(10-3-2-4-12(18)7-10)20-14-6-5-11(17)8-13(14)16/h2-9,15H,19H2,1H3. The SMILES string of the molecule is CC(N)C(Oc1ccc(Cl)cc1Br)c1cccc(F)c1. The highest BCUT2D eigenvalue weighted by atomic mass is 79.9. The second kappa shape index (κ2) is 6.57. The van der Waals surface area contributed by atoms with E-state index in [4.69, 9.17) is 22.1 Å². The predicted molar refractivity (Wildman–Crippen MR) is 82.6 cm³/mol. The van der Waals surface area contributed by atoms with Gasteiger partial charge in [0.1, 0.15) is 17.7 Å². The Kier molecular flexibility index (Phi) is 5.02. The van der Waals surface area contributed by atoms with Crippen LogP contribution in [0, 0.1) is 5.82 Å². The van der Waals surface area contributed by atoms with Gasteiger partial charge in [-0.1, -0.05) is 23.7 Å². The molecule has 2 nitrogen and oxygen atoms in total. The van der Waals surface area contributed by atoms with E-state index in [2.05, 4.69) is 15.9 Å². The third kappa shape index (κ3) is 3.72. The summed E-state index contributed by atoms with van der Waals surface area (Å²) in [5.74, 6) is 0.299. The summed E-state index contributed by atoms with van der Waals surface area (Å²) in [7, 11) is 0. The van der Waals surface area contributed by atoms with Crippen molar-refractivity contribution in [3.05, 3.63) is 63.3 Å². The summed E-state index contributed by atoms with van der Waals surface area (Å²) in [5, 5.41) is 0.604. The second-order valence-corrected chi connectivity index (χ2v) is 5.82. The summed E-state index contributed by atoms with van der Waals surface area (Å²) in [5.41, 5.74) is 6.65. The third-order valence-electron chi connectivity index (χ3n) is 2.80. The Balaban J connectivity index is 2.30. The first-order valence-electron chi connectivity index (χ1n) is 6.10. The van der Waals surface area contributed by atoms with Crippen LogP contribution in [0.15, 0.2) is 46.9 Å². The van der Waals surface area contributed by atoms with Gasteiger partial charge >= 0.3 is 0 Å². The molecule has 106 valence electrons. The zero-order valence-electron chi connectivity index (χ0n) is 10.8. The van der Waals surface area contributed by atoms with Crippen LogP contribution in [0.3, 0.4) is 0 Å². The van der Waals surface area contributed by atoms with Gasteiger partial charge in [-0.25, -0.2) is 4.39 Å². The van der Waals surface area contributed by atoms with Crippen LogP contribution < -0.4 is 10.5 Å². The Morgan fingerprint density at radius 1 is 1.25 bits per heavy atom. The second-order valence-electron chi connectivity index (χ2n) is 4.53. The van der Waals surface area contributed by atoms with Crippen LogP contribution in [0.5, 0.6) is 5.75 Å². The summed E-state index contributed by atoms with van der Waals surface area (Å²) in [4.78, 5) is 0. The van der Waals surface area contributed by atoms with E-state index in [-0.39, 0.29) is 11.9 Å². The van der Waals surface area contributed by atoms with E-state index in [0.717, 1.165) is 4.47 Å². The predicted octanol–water partition coefficient (Wildman–Crippen LogP) is 4.71. The number of rotatable bonds is 4. The normalized spacial score (nSPS) is 13.8. The van der Waals surface area contributed by atoms with Crippen molar-refractivity contribution in [2.45, 2.75) is 19.1 Å². The Hall–Kier alpha value is -1.10. The minimum atomic E-state index is -0.442. The molecule has 0 fully saturated rings. The molecule has 0 radical (unpaired) electrons. The summed E-state index contributed by atoms with van der Waals surface area (Å²) in [6.45, 7) is 1.82. The van der Waals surface area contributed by atoms with Gasteiger partial charge in [0.15, 0.2) is 0 Å². The molecule has 0 aliphatic carbocycles. The molecule has 5 heteroatoms. The molecule has 2 aromatic carbocycles. The Morgan fingerprint density at radius 3 is 2.60 bits per heavy atom. The van der Waals surface area contributed by atoms with Gasteiger partial charge in [-0.3, -0.25) is 0 Å². The smallest absolute Gasteiger partial charge is 0.139 e. The van der Waals surface area contributed by atoms with Crippen LogP contribution in [0.1, 0.15) is 18.6 Å². The molecule has 0 aliphatic heterocycles. The summed E-state index contributed by atoms with van der Waals surface area (Å²) in [6, 6.07) is 11.2. The Morgan fingerprint density at radius 2 is 2.00 bits per heavy atom. The van der Waals surface area contributed by atoms with Gasteiger partial charge in [0.2, 0.25) is 0 Å². The fraction of sp³-hybridized carbons (Fsp3) is 0.200. The number of nitrogens with two attached hydrogens (primary N) is 1. The molecule has 0 amide bonds. The molecule has 2 unspecified atom stereocenters. The first-order valence-corrected chi connectivity index (χ1v) is 7.27. The molecular formula is C15H14BrClFNO. The van der Waals surface area contributed by atoms with E-state index < -0.39 is 6.10 Å². The monoisotopic (exact) mass is 357 g/mol.